The SMILES string of the molecule is CC/C=C\C/C=C\C/C=C\C/C=C\CCCCCCC(=O)OC(COC(=O)CCCCCCC/C=C\CCCCCC)COC1OC(CS(=O)(=O)O)C(O)C(O)C1O. The van der Waals surface area contributed by atoms with Crippen LogP contribution < -0.4 is 0 Å². The van der Waals surface area contributed by atoms with E-state index in [2.05, 4.69) is 74.6 Å². The van der Waals surface area contributed by atoms with Crippen LogP contribution in [0.5, 0.6) is 0 Å². The first-order valence-corrected chi connectivity index (χ1v) is 23.5. The zero-order valence-electron chi connectivity index (χ0n) is 35.4. The highest BCUT2D eigenvalue weighted by molar-refractivity contribution is 7.85. The van der Waals surface area contributed by atoms with E-state index in [-0.39, 0.29) is 19.4 Å². The lowest BCUT2D eigenvalue weighted by molar-refractivity contribution is -0.297. The van der Waals surface area contributed by atoms with Gasteiger partial charge >= 0.3 is 11.9 Å². The summed E-state index contributed by atoms with van der Waals surface area (Å²) >= 11 is 0. The van der Waals surface area contributed by atoms with Crippen molar-refractivity contribution in [1.29, 1.82) is 0 Å². The Morgan fingerprint density at radius 2 is 1.09 bits per heavy atom. The molecular weight excluding hydrogens is 765 g/mol. The van der Waals surface area contributed by atoms with E-state index in [4.69, 9.17) is 18.9 Å². The van der Waals surface area contributed by atoms with Gasteiger partial charge in [-0.15, -0.1) is 0 Å². The number of allylic oxidation sites excluding steroid dienone is 10. The number of ether oxygens (including phenoxy) is 4. The van der Waals surface area contributed by atoms with Crippen LogP contribution in [0.1, 0.15) is 155 Å². The van der Waals surface area contributed by atoms with Gasteiger partial charge in [-0.2, -0.15) is 8.42 Å². The van der Waals surface area contributed by atoms with Gasteiger partial charge in [0.1, 0.15) is 36.8 Å². The van der Waals surface area contributed by atoms with Gasteiger partial charge in [0.15, 0.2) is 12.4 Å². The quantitative estimate of drug-likeness (QED) is 0.0207. The van der Waals surface area contributed by atoms with Crippen LogP contribution in [0, 0.1) is 0 Å². The first-order valence-electron chi connectivity index (χ1n) is 21.8. The summed E-state index contributed by atoms with van der Waals surface area (Å²) in [7, 11) is -4.61. The van der Waals surface area contributed by atoms with Crippen molar-refractivity contribution in [1.82, 2.24) is 0 Å². The van der Waals surface area contributed by atoms with Gasteiger partial charge in [0.25, 0.3) is 10.1 Å². The molecule has 1 rings (SSSR count). The minimum absolute atomic E-state index is 0.132. The normalized spacial score (nSPS) is 21.0. The average Bonchev–Trinajstić information content (AvgIpc) is 3.18. The van der Waals surface area contributed by atoms with Crippen molar-refractivity contribution in [3.8, 4) is 0 Å². The minimum atomic E-state index is -4.61. The number of carbonyl (C=O) groups excluding carboxylic acids is 2. The lowest BCUT2D eigenvalue weighted by Gasteiger charge is -2.40. The Balaban J connectivity index is 2.50. The minimum Gasteiger partial charge on any atom is -0.462 e. The summed E-state index contributed by atoms with van der Waals surface area (Å²) in [5.74, 6) is -2.03. The number of hydrogen-bond acceptors (Lipinski definition) is 11. The molecule has 4 N–H and O–H groups in total. The molecule has 0 aromatic rings. The molecule has 0 saturated carbocycles. The number of esters is 2. The van der Waals surface area contributed by atoms with E-state index in [0.29, 0.717) is 12.8 Å². The lowest BCUT2D eigenvalue weighted by atomic mass is 10.00. The Kier molecular flexibility index (Phi) is 32.3. The largest absolute Gasteiger partial charge is 0.462 e. The van der Waals surface area contributed by atoms with Crippen molar-refractivity contribution in [2.45, 2.75) is 192 Å². The Morgan fingerprint density at radius 3 is 1.64 bits per heavy atom. The molecule has 1 saturated heterocycles. The molecule has 0 aromatic carbocycles. The van der Waals surface area contributed by atoms with E-state index in [1.54, 1.807) is 0 Å². The Hall–Kier alpha value is -2.65. The van der Waals surface area contributed by atoms with E-state index in [0.717, 1.165) is 89.9 Å². The van der Waals surface area contributed by atoms with Crippen LogP contribution in [-0.2, 0) is 38.7 Å². The molecule has 12 nitrogen and oxygen atoms in total. The highest BCUT2D eigenvalue weighted by atomic mass is 32.2. The molecule has 58 heavy (non-hydrogen) atoms. The average molecular weight is 841 g/mol. The molecule has 0 radical (unpaired) electrons. The lowest BCUT2D eigenvalue weighted by Crippen LogP contribution is -2.60. The molecule has 0 bridgehead atoms. The number of aliphatic hydroxyl groups excluding tert-OH is 3. The molecule has 1 fully saturated rings. The van der Waals surface area contributed by atoms with E-state index >= 15 is 0 Å². The van der Waals surface area contributed by atoms with Crippen LogP contribution in [0.25, 0.3) is 0 Å². The molecule has 1 aliphatic heterocycles. The van der Waals surface area contributed by atoms with Crippen molar-refractivity contribution in [2.75, 3.05) is 19.0 Å². The maximum atomic E-state index is 12.8. The maximum Gasteiger partial charge on any atom is 0.306 e. The molecule has 0 aromatic heterocycles. The Morgan fingerprint density at radius 1 is 0.603 bits per heavy atom. The molecule has 6 atom stereocenters. The van der Waals surface area contributed by atoms with Crippen LogP contribution >= 0.6 is 0 Å². The van der Waals surface area contributed by atoms with Crippen molar-refractivity contribution in [3.05, 3.63) is 60.8 Å². The number of unbranched alkanes of at least 4 members (excludes halogenated alkanes) is 13. The fraction of sp³-hybridized carbons (Fsp3) is 0.733. The number of hydrogen-bond donors (Lipinski definition) is 4. The van der Waals surface area contributed by atoms with E-state index < -0.39 is 71.2 Å². The third kappa shape index (κ3) is 29.5. The summed E-state index contributed by atoms with van der Waals surface area (Å²) < 4.78 is 54.0. The summed E-state index contributed by atoms with van der Waals surface area (Å²) in [5, 5.41) is 30.8. The third-order valence-electron chi connectivity index (χ3n) is 9.58. The third-order valence-corrected chi connectivity index (χ3v) is 10.3. The van der Waals surface area contributed by atoms with E-state index in [9.17, 15) is 37.9 Å². The second-order valence-corrected chi connectivity index (χ2v) is 16.5. The number of carbonyl (C=O) groups is 2. The zero-order chi connectivity index (χ0) is 42.7. The predicted molar refractivity (Wildman–Crippen MR) is 229 cm³/mol. The van der Waals surface area contributed by atoms with Crippen LogP contribution in [0.2, 0.25) is 0 Å². The van der Waals surface area contributed by atoms with Gasteiger partial charge in [-0.1, -0.05) is 126 Å². The van der Waals surface area contributed by atoms with Crippen molar-refractivity contribution in [2.24, 2.45) is 0 Å². The van der Waals surface area contributed by atoms with Crippen molar-refractivity contribution < 1.29 is 56.8 Å². The highest BCUT2D eigenvalue weighted by Crippen LogP contribution is 2.24. The van der Waals surface area contributed by atoms with Crippen molar-refractivity contribution in [3.63, 3.8) is 0 Å². The predicted octanol–water partition coefficient (Wildman–Crippen LogP) is 8.56. The fourth-order valence-electron chi connectivity index (χ4n) is 6.19. The molecule has 334 valence electrons. The van der Waals surface area contributed by atoms with E-state index in [1.807, 2.05) is 0 Å². The summed E-state index contributed by atoms with van der Waals surface area (Å²) in [6.07, 6.45) is 32.6. The van der Waals surface area contributed by atoms with Gasteiger partial charge in [-0.3, -0.25) is 14.1 Å². The zero-order valence-corrected chi connectivity index (χ0v) is 36.2. The van der Waals surface area contributed by atoms with Gasteiger partial charge < -0.3 is 34.3 Å². The summed E-state index contributed by atoms with van der Waals surface area (Å²) in [5.41, 5.74) is 0. The maximum absolute atomic E-state index is 12.8. The second kappa shape index (κ2) is 35.1. The number of rotatable bonds is 35. The Labute approximate surface area is 349 Å². The highest BCUT2D eigenvalue weighted by Gasteiger charge is 2.46. The van der Waals surface area contributed by atoms with Crippen LogP contribution in [0.4, 0.5) is 0 Å². The first kappa shape index (κ1) is 53.4. The molecule has 1 aliphatic rings. The van der Waals surface area contributed by atoms with Gasteiger partial charge in [0, 0.05) is 12.8 Å². The fourth-order valence-corrected chi connectivity index (χ4v) is 6.88. The smallest absolute Gasteiger partial charge is 0.306 e. The topological polar surface area (TPSA) is 186 Å². The van der Waals surface area contributed by atoms with Crippen LogP contribution in [-0.4, -0.2) is 96.0 Å². The Bertz CT molecular complexity index is 1310. The molecule has 1 heterocycles. The summed E-state index contributed by atoms with van der Waals surface area (Å²) in [4.78, 5) is 25.4. The van der Waals surface area contributed by atoms with Gasteiger partial charge in [0.05, 0.1) is 6.61 Å². The van der Waals surface area contributed by atoms with E-state index in [1.165, 1.54) is 25.7 Å². The molecule has 0 spiro atoms. The second-order valence-electron chi connectivity index (χ2n) is 15.0. The standard InChI is InChI=1S/C45H76O12S/c1-3-5-7-9-11-13-15-17-18-19-20-22-24-26-28-30-32-34-41(47)56-38(36-55-45-44(50)43(49)42(48)39(57-45)37-58(51,52)53)35-54-40(46)33-31-29-27-25-23-21-16-14-12-10-8-6-4-2/h5,7,11,13-14,16-18,20,22,38-39,42-45,48-50H,3-4,6,8-10,12,15,19,21,23-37H2,1-2H3,(H,51,52,53)/b7-5-,13-11-,16-14-,18-17-,22-20-. The molecule has 0 aliphatic carbocycles. The number of aliphatic hydroxyl groups is 3. The van der Waals surface area contributed by atoms with Gasteiger partial charge in [-0.05, 0) is 77.0 Å². The molecule has 13 heteroatoms. The summed E-state index contributed by atoms with van der Waals surface area (Å²) in [6, 6.07) is 0. The molecular formula is C45H76O12S. The monoisotopic (exact) mass is 841 g/mol. The first-order chi connectivity index (χ1) is 28.0. The van der Waals surface area contributed by atoms with Gasteiger partial charge in [-0.25, -0.2) is 0 Å². The van der Waals surface area contributed by atoms with Crippen molar-refractivity contribution >= 4 is 22.1 Å². The van der Waals surface area contributed by atoms with Gasteiger partial charge in [0.2, 0.25) is 0 Å². The summed E-state index contributed by atoms with van der Waals surface area (Å²) in [6.45, 7) is 3.58. The molecule has 6 unspecified atom stereocenters. The molecule has 0 amide bonds. The van der Waals surface area contributed by atoms with Crippen LogP contribution in [0.15, 0.2) is 60.8 Å². The van der Waals surface area contributed by atoms with Crippen LogP contribution in [0.3, 0.4) is 0 Å².